The van der Waals surface area contributed by atoms with E-state index in [1.165, 1.54) is 25.7 Å². The zero-order chi connectivity index (χ0) is 17.8. The lowest BCUT2D eigenvalue weighted by atomic mass is 9.86. The average Bonchev–Trinajstić information content (AvgIpc) is 2.67. The average molecular weight is 347 g/mol. The van der Waals surface area contributed by atoms with Gasteiger partial charge in [-0.25, -0.2) is 0 Å². The number of ether oxygens (including phenoxy) is 2. The number of hydrogen-bond acceptors (Lipinski definition) is 3. The van der Waals surface area contributed by atoms with Crippen LogP contribution in [0.5, 0.6) is 11.5 Å². The van der Waals surface area contributed by atoms with Gasteiger partial charge in [-0.1, -0.05) is 6.92 Å². The summed E-state index contributed by atoms with van der Waals surface area (Å²) in [7, 11) is 3.21. The van der Waals surface area contributed by atoms with Crippen molar-refractivity contribution in [3.8, 4) is 11.5 Å². The smallest absolute Gasteiger partial charge is 0.254 e. The molecule has 1 N–H and O–H groups in total. The molecule has 25 heavy (non-hydrogen) atoms. The summed E-state index contributed by atoms with van der Waals surface area (Å²) in [5, 5.41) is 0. The Bertz CT molecular complexity index is 566. The van der Waals surface area contributed by atoms with Crippen molar-refractivity contribution in [3.63, 3.8) is 0 Å². The van der Waals surface area contributed by atoms with Crippen LogP contribution in [0.15, 0.2) is 18.2 Å². The molecule has 1 heterocycles. The maximum Gasteiger partial charge on any atom is 0.254 e. The van der Waals surface area contributed by atoms with Crippen LogP contribution >= 0.6 is 0 Å². The van der Waals surface area contributed by atoms with Crippen molar-refractivity contribution < 1.29 is 19.2 Å². The standard InChI is InChI=1S/C20H30N2O3/c1-15-4-6-17(7-5-15)21-8-10-22(11-9-21)20(23)16-12-18(24-2)14-19(13-16)25-3/h12-15,17H,4-11H2,1-3H3/p+1. The number of piperazine rings is 1. The molecule has 1 aromatic carbocycles. The Morgan fingerprint density at radius 3 is 2.08 bits per heavy atom. The Labute approximate surface area is 150 Å². The molecule has 1 aliphatic carbocycles. The summed E-state index contributed by atoms with van der Waals surface area (Å²) in [5.41, 5.74) is 0.645. The zero-order valence-corrected chi connectivity index (χ0v) is 15.7. The van der Waals surface area contributed by atoms with Gasteiger partial charge in [0, 0.05) is 11.6 Å². The number of benzene rings is 1. The van der Waals surface area contributed by atoms with Crippen LogP contribution in [-0.2, 0) is 0 Å². The van der Waals surface area contributed by atoms with E-state index < -0.39 is 0 Å². The molecule has 2 fully saturated rings. The van der Waals surface area contributed by atoms with Crippen molar-refractivity contribution in [2.45, 2.75) is 38.6 Å². The summed E-state index contributed by atoms with van der Waals surface area (Å²) >= 11 is 0. The van der Waals surface area contributed by atoms with Gasteiger partial charge in [0.05, 0.1) is 46.4 Å². The highest BCUT2D eigenvalue weighted by atomic mass is 16.5. The van der Waals surface area contributed by atoms with Gasteiger partial charge in [0.2, 0.25) is 0 Å². The molecule has 0 bridgehead atoms. The van der Waals surface area contributed by atoms with Crippen LogP contribution in [0.1, 0.15) is 43.0 Å². The fraction of sp³-hybridized carbons (Fsp3) is 0.650. The number of methoxy groups -OCH3 is 2. The number of carbonyl (C=O) groups is 1. The molecule has 3 rings (SSSR count). The molecule has 1 saturated heterocycles. The Morgan fingerprint density at radius 1 is 1.00 bits per heavy atom. The lowest BCUT2D eigenvalue weighted by Gasteiger charge is -2.39. The Balaban J connectivity index is 1.60. The second-order valence-corrected chi connectivity index (χ2v) is 7.51. The molecule has 138 valence electrons. The molecule has 1 aliphatic heterocycles. The number of carbonyl (C=O) groups excluding carboxylic acids is 1. The lowest BCUT2D eigenvalue weighted by Crippen LogP contribution is -3.18. The van der Waals surface area contributed by atoms with Gasteiger partial charge in [0.1, 0.15) is 11.5 Å². The normalized spacial score (nSPS) is 24.8. The number of nitrogens with one attached hydrogen (secondary N) is 1. The Hall–Kier alpha value is -1.75. The monoisotopic (exact) mass is 347 g/mol. The van der Waals surface area contributed by atoms with Gasteiger partial charge in [0.15, 0.2) is 0 Å². The van der Waals surface area contributed by atoms with E-state index in [1.54, 1.807) is 37.3 Å². The predicted molar refractivity (Wildman–Crippen MR) is 97.6 cm³/mol. The summed E-state index contributed by atoms with van der Waals surface area (Å²) in [6.45, 7) is 6.15. The van der Waals surface area contributed by atoms with E-state index in [-0.39, 0.29) is 5.91 Å². The molecule has 0 atom stereocenters. The first-order valence-electron chi connectivity index (χ1n) is 9.47. The first kappa shape index (κ1) is 18.1. The molecule has 2 aliphatic rings. The predicted octanol–water partition coefficient (Wildman–Crippen LogP) is 1.62. The van der Waals surface area contributed by atoms with Crippen LogP contribution in [0.4, 0.5) is 0 Å². The van der Waals surface area contributed by atoms with E-state index >= 15 is 0 Å². The van der Waals surface area contributed by atoms with Gasteiger partial charge in [-0.3, -0.25) is 4.79 Å². The third-order valence-electron chi connectivity index (χ3n) is 5.88. The largest absolute Gasteiger partial charge is 0.497 e. The molecule has 5 nitrogen and oxygen atoms in total. The maximum atomic E-state index is 12.9. The van der Waals surface area contributed by atoms with Crippen molar-refractivity contribution in [1.82, 2.24) is 4.90 Å². The quantitative estimate of drug-likeness (QED) is 0.900. The fourth-order valence-corrected chi connectivity index (χ4v) is 4.19. The zero-order valence-electron chi connectivity index (χ0n) is 15.7. The van der Waals surface area contributed by atoms with Crippen LogP contribution in [0.2, 0.25) is 0 Å². The van der Waals surface area contributed by atoms with Crippen molar-refractivity contribution in [3.05, 3.63) is 23.8 Å². The first-order valence-corrected chi connectivity index (χ1v) is 9.47. The van der Waals surface area contributed by atoms with Gasteiger partial charge >= 0.3 is 0 Å². The van der Waals surface area contributed by atoms with E-state index in [1.807, 2.05) is 4.90 Å². The topological polar surface area (TPSA) is 43.2 Å². The van der Waals surface area contributed by atoms with E-state index in [9.17, 15) is 4.79 Å². The van der Waals surface area contributed by atoms with Crippen LogP contribution in [-0.4, -0.2) is 57.2 Å². The summed E-state index contributed by atoms with van der Waals surface area (Å²) in [6, 6.07) is 6.19. The fourth-order valence-electron chi connectivity index (χ4n) is 4.19. The summed E-state index contributed by atoms with van der Waals surface area (Å²) in [5.74, 6) is 2.28. The van der Waals surface area contributed by atoms with Crippen molar-refractivity contribution in [2.75, 3.05) is 40.4 Å². The van der Waals surface area contributed by atoms with Crippen molar-refractivity contribution in [2.24, 2.45) is 5.92 Å². The third-order valence-corrected chi connectivity index (χ3v) is 5.88. The minimum absolute atomic E-state index is 0.0773. The van der Waals surface area contributed by atoms with E-state index in [4.69, 9.17) is 9.47 Å². The van der Waals surface area contributed by atoms with E-state index in [2.05, 4.69) is 6.92 Å². The first-order chi connectivity index (χ1) is 12.1. The van der Waals surface area contributed by atoms with Gasteiger partial charge in [0.25, 0.3) is 5.91 Å². The van der Waals surface area contributed by atoms with Crippen LogP contribution in [0, 0.1) is 5.92 Å². The van der Waals surface area contributed by atoms with Gasteiger partial charge in [-0.15, -0.1) is 0 Å². The lowest BCUT2D eigenvalue weighted by molar-refractivity contribution is -0.930. The molecule has 0 radical (unpaired) electrons. The Morgan fingerprint density at radius 2 is 1.56 bits per heavy atom. The molecule has 1 amide bonds. The highest BCUT2D eigenvalue weighted by Gasteiger charge is 2.32. The molecule has 1 saturated carbocycles. The summed E-state index contributed by atoms with van der Waals surface area (Å²) < 4.78 is 10.6. The second kappa shape index (κ2) is 8.09. The maximum absolute atomic E-state index is 12.9. The number of nitrogens with zero attached hydrogens (tertiary/aromatic N) is 1. The van der Waals surface area contributed by atoms with Crippen molar-refractivity contribution >= 4 is 5.91 Å². The molecule has 1 aromatic rings. The Kier molecular flexibility index (Phi) is 5.84. The van der Waals surface area contributed by atoms with E-state index in [0.29, 0.717) is 17.1 Å². The summed E-state index contributed by atoms with van der Waals surface area (Å²) in [6.07, 6.45) is 5.41. The second-order valence-electron chi connectivity index (χ2n) is 7.51. The van der Waals surface area contributed by atoms with Crippen LogP contribution in [0.3, 0.4) is 0 Å². The molecule has 0 aromatic heterocycles. The molecular weight excluding hydrogens is 316 g/mol. The van der Waals surface area contributed by atoms with Crippen LogP contribution < -0.4 is 14.4 Å². The van der Waals surface area contributed by atoms with Gasteiger partial charge in [-0.2, -0.15) is 0 Å². The number of quaternary nitrogens is 1. The highest BCUT2D eigenvalue weighted by Crippen LogP contribution is 2.24. The molecule has 5 heteroatoms. The molecule has 0 spiro atoms. The molecule has 0 unspecified atom stereocenters. The van der Waals surface area contributed by atoms with E-state index in [0.717, 1.165) is 38.1 Å². The van der Waals surface area contributed by atoms with Crippen molar-refractivity contribution in [1.29, 1.82) is 0 Å². The van der Waals surface area contributed by atoms with Crippen LogP contribution in [0.25, 0.3) is 0 Å². The number of amides is 1. The third kappa shape index (κ3) is 4.27. The van der Waals surface area contributed by atoms with Gasteiger partial charge < -0.3 is 19.3 Å². The minimum atomic E-state index is 0.0773. The SMILES string of the molecule is COc1cc(OC)cc(C(=O)N2CC[NH+](C3CCC(C)CC3)CC2)c1. The number of rotatable bonds is 4. The molecular formula is C20H31N2O3+. The minimum Gasteiger partial charge on any atom is -0.497 e. The number of hydrogen-bond donors (Lipinski definition) is 1. The van der Waals surface area contributed by atoms with Gasteiger partial charge in [-0.05, 0) is 43.7 Å². The highest BCUT2D eigenvalue weighted by molar-refractivity contribution is 5.95. The summed E-state index contributed by atoms with van der Waals surface area (Å²) in [4.78, 5) is 16.5.